The highest BCUT2D eigenvalue weighted by atomic mass is 19.1. The predicted molar refractivity (Wildman–Crippen MR) is 123 cm³/mol. The van der Waals surface area contributed by atoms with Crippen molar-refractivity contribution in [2.45, 2.75) is 33.2 Å². The lowest BCUT2D eigenvalue weighted by atomic mass is 9.94. The molecule has 3 rings (SSSR count). The van der Waals surface area contributed by atoms with Crippen molar-refractivity contribution in [2.75, 3.05) is 23.8 Å². The summed E-state index contributed by atoms with van der Waals surface area (Å²) in [6.07, 6.45) is 0.718. The lowest BCUT2D eigenvalue weighted by Crippen LogP contribution is -2.48. The van der Waals surface area contributed by atoms with Crippen molar-refractivity contribution in [3.8, 4) is 0 Å². The molecule has 0 radical (unpaired) electrons. The first kappa shape index (κ1) is 24.7. The number of amides is 4. The van der Waals surface area contributed by atoms with E-state index in [1.165, 1.54) is 4.90 Å². The molecular weight excluding hydrogens is 446 g/mol. The summed E-state index contributed by atoms with van der Waals surface area (Å²) in [6, 6.07) is 7.52. The van der Waals surface area contributed by atoms with E-state index in [1.54, 1.807) is 38.1 Å². The molecule has 0 aliphatic carbocycles. The number of anilines is 2. The van der Waals surface area contributed by atoms with Crippen molar-refractivity contribution in [3.05, 3.63) is 70.9 Å². The number of hydrogen-bond acceptors (Lipinski definition) is 4. The van der Waals surface area contributed by atoms with Gasteiger partial charge in [-0.25, -0.2) is 23.2 Å². The van der Waals surface area contributed by atoms with Crippen LogP contribution in [0.3, 0.4) is 0 Å². The molecule has 1 atom stereocenters. The van der Waals surface area contributed by atoms with Gasteiger partial charge in [-0.3, -0.25) is 4.90 Å². The summed E-state index contributed by atoms with van der Waals surface area (Å²) >= 11 is 0. The Morgan fingerprint density at radius 2 is 1.79 bits per heavy atom. The summed E-state index contributed by atoms with van der Waals surface area (Å²) in [6.45, 7) is 6.00. The lowest BCUT2D eigenvalue weighted by Gasteiger charge is -2.35. The Morgan fingerprint density at radius 1 is 1.09 bits per heavy atom. The molecule has 10 heteroatoms. The third-order valence-corrected chi connectivity index (χ3v) is 5.22. The van der Waals surface area contributed by atoms with Crippen molar-refractivity contribution < 1.29 is 27.9 Å². The number of nitrogens with zero attached hydrogens (tertiary/aromatic N) is 1. The molecule has 1 unspecified atom stereocenters. The van der Waals surface area contributed by atoms with Crippen LogP contribution in [0, 0.1) is 11.6 Å². The van der Waals surface area contributed by atoms with Crippen molar-refractivity contribution >= 4 is 29.4 Å². The molecule has 0 bridgehead atoms. The molecule has 2 aromatic rings. The summed E-state index contributed by atoms with van der Waals surface area (Å²) in [7, 11) is 0. The SMILES string of the molecule is CCCN1C(=O)NC(c2ccc(NC(=O)Nc3ccc(F)cc3F)cc2)C(C(=O)OCC)=C1C. The monoisotopic (exact) mass is 472 g/mol. The maximum absolute atomic E-state index is 13.7. The van der Waals surface area contributed by atoms with E-state index in [-0.39, 0.29) is 18.3 Å². The van der Waals surface area contributed by atoms with Gasteiger partial charge in [-0.05, 0) is 50.1 Å². The molecule has 1 aliphatic rings. The number of urea groups is 2. The number of hydrogen-bond donors (Lipinski definition) is 3. The largest absolute Gasteiger partial charge is 0.463 e. The molecule has 180 valence electrons. The molecule has 8 nitrogen and oxygen atoms in total. The van der Waals surface area contributed by atoms with E-state index >= 15 is 0 Å². The Labute approximate surface area is 196 Å². The molecule has 0 aromatic heterocycles. The summed E-state index contributed by atoms with van der Waals surface area (Å²) in [4.78, 5) is 39.1. The van der Waals surface area contributed by atoms with Crippen LogP contribution in [0.5, 0.6) is 0 Å². The van der Waals surface area contributed by atoms with Gasteiger partial charge in [0, 0.05) is 24.0 Å². The smallest absolute Gasteiger partial charge is 0.338 e. The van der Waals surface area contributed by atoms with Crippen LogP contribution in [-0.4, -0.2) is 36.1 Å². The first-order valence-corrected chi connectivity index (χ1v) is 10.8. The van der Waals surface area contributed by atoms with Gasteiger partial charge in [-0.15, -0.1) is 0 Å². The van der Waals surface area contributed by atoms with Crippen LogP contribution >= 0.6 is 0 Å². The maximum Gasteiger partial charge on any atom is 0.338 e. The Balaban J connectivity index is 1.79. The fourth-order valence-electron chi connectivity index (χ4n) is 3.63. The van der Waals surface area contributed by atoms with Crippen LogP contribution in [0.1, 0.15) is 38.8 Å². The zero-order chi connectivity index (χ0) is 24.8. The molecule has 34 heavy (non-hydrogen) atoms. The van der Waals surface area contributed by atoms with Gasteiger partial charge in [0.2, 0.25) is 0 Å². The minimum Gasteiger partial charge on any atom is -0.463 e. The predicted octanol–water partition coefficient (Wildman–Crippen LogP) is 4.92. The summed E-state index contributed by atoms with van der Waals surface area (Å²) in [5.74, 6) is -2.17. The fraction of sp³-hybridized carbons (Fsp3) is 0.292. The normalized spacial score (nSPS) is 15.6. The summed E-state index contributed by atoms with van der Waals surface area (Å²) < 4.78 is 32.0. The van der Waals surface area contributed by atoms with E-state index in [0.29, 0.717) is 35.1 Å². The molecular formula is C24H26F2N4O4. The highest BCUT2D eigenvalue weighted by Gasteiger charge is 2.36. The number of ether oxygens (including phenoxy) is 1. The average Bonchev–Trinajstić information content (AvgIpc) is 2.79. The summed E-state index contributed by atoms with van der Waals surface area (Å²) in [5.41, 5.74) is 1.69. The van der Waals surface area contributed by atoms with Crippen LogP contribution in [0.15, 0.2) is 53.7 Å². The van der Waals surface area contributed by atoms with E-state index in [1.807, 2.05) is 6.92 Å². The second-order valence-corrected chi connectivity index (χ2v) is 7.58. The molecule has 0 saturated carbocycles. The molecule has 0 saturated heterocycles. The highest BCUT2D eigenvalue weighted by Crippen LogP contribution is 2.32. The number of carbonyl (C=O) groups is 3. The Hall–Kier alpha value is -3.95. The van der Waals surface area contributed by atoms with Gasteiger partial charge in [0.1, 0.15) is 11.6 Å². The zero-order valence-electron chi connectivity index (χ0n) is 19.1. The van der Waals surface area contributed by atoms with Crippen molar-refractivity contribution in [1.29, 1.82) is 0 Å². The van der Waals surface area contributed by atoms with E-state index in [9.17, 15) is 23.2 Å². The lowest BCUT2D eigenvalue weighted by molar-refractivity contribution is -0.139. The van der Waals surface area contributed by atoms with E-state index in [0.717, 1.165) is 18.6 Å². The van der Waals surface area contributed by atoms with E-state index in [2.05, 4.69) is 16.0 Å². The van der Waals surface area contributed by atoms with Gasteiger partial charge in [-0.1, -0.05) is 19.1 Å². The number of nitrogens with one attached hydrogen (secondary N) is 3. The van der Waals surface area contributed by atoms with Gasteiger partial charge in [0.25, 0.3) is 0 Å². The number of esters is 1. The van der Waals surface area contributed by atoms with Gasteiger partial charge in [0.05, 0.1) is 23.9 Å². The third kappa shape index (κ3) is 5.51. The Morgan fingerprint density at radius 3 is 2.41 bits per heavy atom. The van der Waals surface area contributed by atoms with Crippen molar-refractivity contribution in [1.82, 2.24) is 10.2 Å². The average molecular weight is 472 g/mol. The van der Waals surface area contributed by atoms with Crippen LogP contribution in [0.2, 0.25) is 0 Å². The van der Waals surface area contributed by atoms with Crippen LogP contribution in [0.4, 0.5) is 29.7 Å². The number of benzene rings is 2. The number of halogens is 2. The minimum atomic E-state index is -0.899. The summed E-state index contributed by atoms with van der Waals surface area (Å²) in [5, 5.41) is 7.70. The minimum absolute atomic E-state index is 0.170. The topological polar surface area (TPSA) is 99.8 Å². The maximum atomic E-state index is 13.7. The second kappa shape index (κ2) is 10.8. The first-order chi connectivity index (χ1) is 16.2. The van der Waals surface area contributed by atoms with Crippen LogP contribution < -0.4 is 16.0 Å². The Bertz CT molecular complexity index is 1120. The number of carbonyl (C=O) groups excluding carboxylic acids is 3. The molecule has 1 aliphatic heterocycles. The van der Waals surface area contributed by atoms with E-state index in [4.69, 9.17) is 4.74 Å². The van der Waals surface area contributed by atoms with Crippen molar-refractivity contribution in [2.24, 2.45) is 0 Å². The van der Waals surface area contributed by atoms with Gasteiger partial charge >= 0.3 is 18.0 Å². The standard InChI is InChI=1S/C24H26F2N4O4/c1-4-12-30-14(3)20(22(31)34-5-2)21(29-24(30)33)15-6-9-17(10-7-15)27-23(32)28-19-11-8-16(25)13-18(19)26/h6-11,13,21H,4-5,12H2,1-3H3,(H,29,33)(H2,27,28,32). The molecule has 4 amide bonds. The number of allylic oxidation sites excluding steroid dienone is 1. The molecule has 2 aromatic carbocycles. The molecule has 0 fully saturated rings. The zero-order valence-corrected chi connectivity index (χ0v) is 19.1. The van der Waals surface area contributed by atoms with Crippen LogP contribution in [-0.2, 0) is 9.53 Å². The molecule has 0 spiro atoms. The molecule has 3 N–H and O–H groups in total. The first-order valence-electron chi connectivity index (χ1n) is 10.8. The second-order valence-electron chi connectivity index (χ2n) is 7.58. The quantitative estimate of drug-likeness (QED) is 0.498. The highest BCUT2D eigenvalue weighted by molar-refractivity contribution is 6.00. The Kier molecular flexibility index (Phi) is 7.83. The fourth-order valence-corrected chi connectivity index (χ4v) is 3.63. The van der Waals surface area contributed by atoms with E-state index < -0.39 is 29.7 Å². The van der Waals surface area contributed by atoms with Gasteiger partial charge in [0.15, 0.2) is 0 Å². The van der Waals surface area contributed by atoms with Gasteiger partial charge in [-0.2, -0.15) is 0 Å². The van der Waals surface area contributed by atoms with Gasteiger partial charge < -0.3 is 20.7 Å². The number of rotatable bonds is 7. The van der Waals surface area contributed by atoms with Crippen LogP contribution in [0.25, 0.3) is 0 Å². The molecule has 1 heterocycles. The van der Waals surface area contributed by atoms with Crippen molar-refractivity contribution in [3.63, 3.8) is 0 Å². The third-order valence-electron chi connectivity index (χ3n) is 5.22.